The molecule has 2 aromatic carbocycles. The van der Waals surface area contributed by atoms with Gasteiger partial charge in [0.2, 0.25) is 5.88 Å². The van der Waals surface area contributed by atoms with Gasteiger partial charge in [-0.25, -0.2) is 9.97 Å². The maximum atomic E-state index is 5.93. The second-order valence-electron chi connectivity index (χ2n) is 7.82. The molecule has 4 rings (SSSR count). The summed E-state index contributed by atoms with van der Waals surface area (Å²) < 4.78 is 5.93. The average Bonchev–Trinajstić information content (AvgIpc) is 2.73. The second-order valence-corrected chi connectivity index (χ2v) is 7.82. The van der Waals surface area contributed by atoms with E-state index in [4.69, 9.17) is 4.74 Å². The number of benzene rings is 2. The zero-order valence-electron chi connectivity index (χ0n) is 16.6. The number of piperidine rings is 1. The van der Waals surface area contributed by atoms with E-state index in [2.05, 4.69) is 58.7 Å². The zero-order chi connectivity index (χ0) is 19.3. The number of hydrogen-bond acceptors (Lipinski definition) is 5. The molecule has 0 amide bonds. The van der Waals surface area contributed by atoms with Crippen LogP contribution in [0.25, 0.3) is 11.0 Å². The molecule has 28 heavy (non-hydrogen) atoms. The third-order valence-corrected chi connectivity index (χ3v) is 5.31. The van der Waals surface area contributed by atoms with Gasteiger partial charge in [0, 0.05) is 11.4 Å². The van der Waals surface area contributed by atoms with Crippen molar-refractivity contribution in [3.8, 4) is 5.88 Å². The van der Waals surface area contributed by atoms with Crippen LogP contribution in [-0.2, 0) is 0 Å². The van der Waals surface area contributed by atoms with Crippen LogP contribution in [0.5, 0.6) is 5.88 Å². The summed E-state index contributed by atoms with van der Waals surface area (Å²) in [5, 5.41) is 6.83. The number of nitrogens with zero attached hydrogens (tertiary/aromatic N) is 2. The highest BCUT2D eigenvalue weighted by Crippen LogP contribution is 2.24. The van der Waals surface area contributed by atoms with Crippen molar-refractivity contribution in [3.05, 3.63) is 54.2 Å². The molecule has 5 heteroatoms. The third-order valence-electron chi connectivity index (χ3n) is 5.31. The molecule has 1 saturated heterocycles. The van der Waals surface area contributed by atoms with Crippen molar-refractivity contribution in [2.75, 3.05) is 25.0 Å². The molecule has 0 spiro atoms. The Labute approximate surface area is 166 Å². The Hall–Kier alpha value is -2.66. The minimum absolute atomic E-state index is 0.535. The largest absolute Gasteiger partial charge is 0.476 e. The van der Waals surface area contributed by atoms with E-state index in [1.54, 1.807) is 6.20 Å². The van der Waals surface area contributed by atoms with Gasteiger partial charge in [-0.2, -0.15) is 0 Å². The van der Waals surface area contributed by atoms with Gasteiger partial charge in [0.05, 0.1) is 23.8 Å². The van der Waals surface area contributed by atoms with Crippen LogP contribution >= 0.6 is 0 Å². The minimum Gasteiger partial charge on any atom is -0.476 e. The first kappa shape index (κ1) is 18.7. The van der Waals surface area contributed by atoms with Crippen molar-refractivity contribution in [1.82, 2.24) is 15.3 Å². The molecular weight excluding hydrogens is 348 g/mol. The molecule has 146 valence electrons. The van der Waals surface area contributed by atoms with E-state index in [-0.39, 0.29) is 0 Å². The highest BCUT2D eigenvalue weighted by molar-refractivity contribution is 5.80. The molecule has 3 aromatic rings. The molecule has 5 nitrogen and oxygen atoms in total. The zero-order valence-corrected chi connectivity index (χ0v) is 16.6. The fourth-order valence-corrected chi connectivity index (χ4v) is 3.51. The van der Waals surface area contributed by atoms with E-state index >= 15 is 0 Å². The van der Waals surface area contributed by atoms with Crippen molar-refractivity contribution in [2.24, 2.45) is 5.92 Å². The van der Waals surface area contributed by atoms with E-state index < -0.39 is 0 Å². The third kappa shape index (κ3) is 4.60. The Kier molecular flexibility index (Phi) is 5.72. The Morgan fingerprint density at radius 2 is 1.79 bits per heavy atom. The van der Waals surface area contributed by atoms with E-state index in [1.807, 2.05) is 18.2 Å². The Morgan fingerprint density at radius 3 is 2.54 bits per heavy atom. The van der Waals surface area contributed by atoms with Crippen LogP contribution in [0.2, 0.25) is 0 Å². The Morgan fingerprint density at radius 1 is 1.04 bits per heavy atom. The van der Waals surface area contributed by atoms with Gasteiger partial charge in [0.1, 0.15) is 0 Å². The van der Waals surface area contributed by atoms with E-state index in [0.29, 0.717) is 24.3 Å². The fraction of sp³-hybridized carbons (Fsp3) is 0.391. The smallest absolute Gasteiger partial charge is 0.232 e. The first-order chi connectivity index (χ1) is 13.7. The molecule has 0 atom stereocenters. The molecule has 1 aliphatic heterocycles. The first-order valence-electron chi connectivity index (χ1n) is 10.1. The van der Waals surface area contributed by atoms with Crippen LogP contribution in [0.4, 0.5) is 11.4 Å². The topological polar surface area (TPSA) is 59.1 Å². The van der Waals surface area contributed by atoms with Gasteiger partial charge >= 0.3 is 0 Å². The highest BCUT2D eigenvalue weighted by Gasteiger charge is 2.14. The van der Waals surface area contributed by atoms with Crippen LogP contribution in [0.1, 0.15) is 38.2 Å². The van der Waals surface area contributed by atoms with Crippen LogP contribution in [0.15, 0.2) is 48.7 Å². The van der Waals surface area contributed by atoms with Gasteiger partial charge in [-0.05, 0) is 73.7 Å². The molecule has 0 radical (unpaired) electrons. The van der Waals surface area contributed by atoms with Crippen molar-refractivity contribution < 1.29 is 4.74 Å². The number of ether oxygens (including phenoxy) is 1. The monoisotopic (exact) mass is 376 g/mol. The first-order valence-corrected chi connectivity index (χ1v) is 10.1. The summed E-state index contributed by atoms with van der Waals surface area (Å²) in [5.74, 6) is 1.73. The van der Waals surface area contributed by atoms with E-state index in [9.17, 15) is 0 Å². The average molecular weight is 377 g/mol. The van der Waals surface area contributed by atoms with Gasteiger partial charge in [-0.1, -0.05) is 26.0 Å². The number of anilines is 2. The molecule has 2 N–H and O–H groups in total. The maximum absolute atomic E-state index is 5.93. The SMILES string of the molecule is CC(C)c1ccc(Nc2ccc3ncc(OCC4CCNCC4)nc3c2)cc1. The summed E-state index contributed by atoms with van der Waals surface area (Å²) in [5.41, 5.74) is 5.11. The van der Waals surface area contributed by atoms with Gasteiger partial charge in [-0.15, -0.1) is 0 Å². The number of rotatable bonds is 6. The minimum atomic E-state index is 0.535. The molecular formula is C23H28N4O. The van der Waals surface area contributed by atoms with Gasteiger partial charge in [0.25, 0.3) is 0 Å². The lowest BCUT2D eigenvalue weighted by Crippen LogP contribution is -2.30. The predicted molar refractivity (Wildman–Crippen MR) is 114 cm³/mol. The molecule has 0 unspecified atom stereocenters. The lowest BCUT2D eigenvalue weighted by molar-refractivity contribution is 0.209. The van der Waals surface area contributed by atoms with Crippen LogP contribution in [0, 0.1) is 5.92 Å². The maximum Gasteiger partial charge on any atom is 0.232 e. The van der Waals surface area contributed by atoms with Crippen LogP contribution in [-0.4, -0.2) is 29.7 Å². The molecule has 0 bridgehead atoms. The normalized spacial score (nSPS) is 15.1. The molecule has 0 saturated carbocycles. The quantitative estimate of drug-likeness (QED) is 0.642. The van der Waals surface area contributed by atoms with Crippen LogP contribution < -0.4 is 15.4 Å². The van der Waals surface area contributed by atoms with Crippen molar-refractivity contribution in [2.45, 2.75) is 32.6 Å². The molecule has 0 aliphatic carbocycles. The number of hydrogen-bond donors (Lipinski definition) is 2. The predicted octanol–water partition coefficient (Wildman–Crippen LogP) is 4.88. The standard InChI is InChI=1S/C23H28N4O/c1-16(2)18-3-5-19(6-4-18)26-20-7-8-21-22(13-20)27-23(14-25-21)28-15-17-9-11-24-12-10-17/h3-8,13-14,16-17,24,26H,9-12,15H2,1-2H3. The summed E-state index contributed by atoms with van der Waals surface area (Å²) in [6.45, 7) is 7.27. The summed E-state index contributed by atoms with van der Waals surface area (Å²) in [6.07, 6.45) is 4.04. The molecule has 1 fully saturated rings. The Bertz CT molecular complexity index is 918. The van der Waals surface area contributed by atoms with Crippen molar-refractivity contribution >= 4 is 22.4 Å². The van der Waals surface area contributed by atoms with Crippen molar-refractivity contribution in [1.29, 1.82) is 0 Å². The van der Waals surface area contributed by atoms with Gasteiger partial charge in [0.15, 0.2) is 0 Å². The van der Waals surface area contributed by atoms with Gasteiger partial charge < -0.3 is 15.4 Å². The summed E-state index contributed by atoms with van der Waals surface area (Å²) in [7, 11) is 0. The lowest BCUT2D eigenvalue weighted by Gasteiger charge is -2.22. The van der Waals surface area contributed by atoms with Crippen molar-refractivity contribution in [3.63, 3.8) is 0 Å². The van der Waals surface area contributed by atoms with E-state index in [0.717, 1.165) is 48.3 Å². The Balaban J connectivity index is 1.46. The summed E-state index contributed by atoms with van der Waals surface area (Å²) >= 11 is 0. The van der Waals surface area contributed by atoms with Crippen LogP contribution in [0.3, 0.4) is 0 Å². The van der Waals surface area contributed by atoms with E-state index in [1.165, 1.54) is 5.56 Å². The van der Waals surface area contributed by atoms with Gasteiger partial charge in [-0.3, -0.25) is 0 Å². The highest BCUT2D eigenvalue weighted by atomic mass is 16.5. The fourth-order valence-electron chi connectivity index (χ4n) is 3.51. The summed E-state index contributed by atoms with van der Waals surface area (Å²) in [6, 6.07) is 14.6. The number of fused-ring (bicyclic) bond motifs is 1. The number of nitrogens with one attached hydrogen (secondary N) is 2. The number of aromatic nitrogens is 2. The molecule has 1 aliphatic rings. The molecule has 1 aromatic heterocycles. The lowest BCUT2D eigenvalue weighted by atomic mass is 9.99. The summed E-state index contributed by atoms with van der Waals surface area (Å²) in [4.78, 5) is 9.16. The molecule has 2 heterocycles. The second kappa shape index (κ2) is 8.57.